The second-order valence-electron chi connectivity index (χ2n) is 3.97. The Morgan fingerprint density at radius 1 is 1.54 bits per heavy atom. The average molecular weight is 184 g/mol. The zero-order valence-corrected chi connectivity index (χ0v) is 8.62. The third-order valence-corrected chi connectivity index (χ3v) is 3.15. The summed E-state index contributed by atoms with van der Waals surface area (Å²) in [6.07, 6.45) is 3.07. The number of carbonyl (C=O) groups excluding carboxylic acids is 1. The van der Waals surface area contributed by atoms with Gasteiger partial charge in [0.1, 0.15) is 0 Å². The highest BCUT2D eigenvalue weighted by atomic mass is 16.1. The maximum atomic E-state index is 10.9. The molecule has 13 heavy (non-hydrogen) atoms. The summed E-state index contributed by atoms with van der Waals surface area (Å²) in [4.78, 5) is 13.3. The van der Waals surface area contributed by atoms with Gasteiger partial charge in [0.05, 0.1) is 0 Å². The molecule has 0 aromatic carbocycles. The van der Waals surface area contributed by atoms with Crippen molar-refractivity contribution in [1.82, 2.24) is 4.90 Å². The fourth-order valence-electron chi connectivity index (χ4n) is 1.88. The van der Waals surface area contributed by atoms with Gasteiger partial charge in [-0.3, -0.25) is 4.79 Å². The van der Waals surface area contributed by atoms with Gasteiger partial charge < -0.3 is 10.6 Å². The van der Waals surface area contributed by atoms with Gasteiger partial charge in [0.15, 0.2) is 0 Å². The molecule has 1 rings (SSSR count). The van der Waals surface area contributed by atoms with E-state index >= 15 is 0 Å². The zero-order chi connectivity index (χ0) is 9.84. The van der Waals surface area contributed by atoms with E-state index < -0.39 is 0 Å². The van der Waals surface area contributed by atoms with Crippen LogP contribution in [0.15, 0.2) is 0 Å². The fraction of sp³-hybridized carbons (Fsp3) is 0.900. The van der Waals surface area contributed by atoms with Crippen LogP contribution in [0.1, 0.15) is 33.1 Å². The predicted molar refractivity (Wildman–Crippen MR) is 53.2 cm³/mol. The number of carbonyl (C=O) groups is 1. The summed E-state index contributed by atoms with van der Waals surface area (Å²) in [5.74, 6) is 0.00380. The number of nitrogens with two attached hydrogens (primary N) is 1. The van der Waals surface area contributed by atoms with E-state index in [1.54, 1.807) is 0 Å². The van der Waals surface area contributed by atoms with Gasteiger partial charge in [0.25, 0.3) is 0 Å². The Labute approximate surface area is 80.3 Å². The van der Waals surface area contributed by atoms with Gasteiger partial charge in [-0.05, 0) is 39.3 Å². The van der Waals surface area contributed by atoms with Gasteiger partial charge in [-0.2, -0.15) is 0 Å². The van der Waals surface area contributed by atoms with Gasteiger partial charge in [-0.25, -0.2) is 0 Å². The van der Waals surface area contributed by atoms with Crippen LogP contribution in [0.4, 0.5) is 0 Å². The molecular weight excluding hydrogens is 164 g/mol. The van der Waals surface area contributed by atoms with Crippen LogP contribution in [-0.4, -0.2) is 29.9 Å². The molecule has 1 aliphatic rings. The largest absolute Gasteiger partial charge is 0.369 e. The molecule has 2 N–H and O–H groups in total. The Bertz CT molecular complexity index is 174. The van der Waals surface area contributed by atoms with E-state index in [1.165, 1.54) is 6.42 Å². The number of likely N-dealkylation sites (tertiary alicyclic amines) is 1. The number of piperidine rings is 1. The van der Waals surface area contributed by atoms with Crippen molar-refractivity contribution < 1.29 is 4.79 Å². The maximum absolute atomic E-state index is 10.9. The molecular formula is C10H20N2O. The summed E-state index contributed by atoms with van der Waals surface area (Å²) in [6, 6.07) is 0.647. The van der Waals surface area contributed by atoms with Gasteiger partial charge >= 0.3 is 0 Å². The number of amides is 1. The topological polar surface area (TPSA) is 46.3 Å². The lowest BCUT2D eigenvalue weighted by Crippen LogP contribution is -2.42. The Hall–Kier alpha value is -0.570. The van der Waals surface area contributed by atoms with E-state index in [1.807, 2.05) is 0 Å². The number of rotatable bonds is 3. The van der Waals surface area contributed by atoms with Crippen LogP contribution in [0, 0.1) is 5.92 Å². The highest BCUT2D eigenvalue weighted by Gasteiger charge is 2.24. The first-order valence-electron chi connectivity index (χ1n) is 5.18. The summed E-state index contributed by atoms with van der Waals surface area (Å²) < 4.78 is 0. The second-order valence-corrected chi connectivity index (χ2v) is 3.97. The van der Waals surface area contributed by atoms with E-state index in [2.05, 4.69) is 18.7 Å². The van der Waals surface area contributed by atoms with E-state index in [0.29, 0.717) is 6.04 Å². The molecule has 76 valence electrons. The van der Waals surface area contributed by atoms with E-state index in [0.717, 1.165) is 25.9 Å². The Morgan fingerprint density at radius 3 is 2.46 bits per heavy atom. The van der Waals surface area contributed by atoms with Crippen molar-refractivity contribution in [3.8, 4) is 0 Å². The van der Waals surface area contributed by atoms with Gasteiger partial charge in [-0.15, -0.1) is 0 Å². The molecule has 0 aliphatic carbocycles. The van der Waals surface area contributed by atoms with Crippen molar-refractivity contribution in [1.29, 1.82) is 0 Å². The van der Waals surface area contributed by atoms with Gasteiger partial charge in [-0.1, -0.05) is 6.92 Å². The summed E-state index contributed by atoms with van der Waals surface area (Å²) in [5.41, 5.74) is 5.26. The number of hydrogen-bond donors (Lipinski definition) is 1. The lowest BCUT2D eigenvalue weighted by molar-refractivity contribution is -0.123. The molecule has 1 atom stereocenters. The third kappa shape index (κ3) is 2.69. The number of nitrogens with zero attached hydrogens (tertiary/aromatic N) is 1. The zero-order valence-electron chi connectivity index (χ0n) is 8.62. The van der Waals surface area contributed by atoms with Crippen molar-refractivity contribution in [3.63, 3.8) is 0 Å². The van der Waals surface area contributed by atoms with Gasteiger partial charge in [0.2, 0.25) is 5.91 Å². The monoisotopic (exact) mass is 184 g/mol. The van der Waals surface area contributed by atoms with Crippen LogP contribution in [0.2, 0.25) is 0 Å². The van der Waals surface area contributed by atoms with Crippen molar-refractivity contribution in [2.24, 2.45) is 11.7 Å². The molecule has 0 bridgehead atoms. The quantitative estimate of drug-likeness (QED) is 0.710. The molecule has 0 aromatic heterocycles. The lowest BCUT2D eigenvalue weighted by Gasteiger charge is -2.34. The summed E-state index contributed by atoms with van der Waals surface area (Å²) in [5, 5.41) is 0. The molecule has 0 aromatic rings. The lowest BCUT2D eigenvalue weighted by atomic mass is 9.95. The van der Waals surface area contributed by atoms with Crippen molar-refractivity contribution in [2.75, 3.05) is 13.1 Å². The van der Waals surface area contributed by atoms with Crippen LogP contribution < -0.4 is 5.73 Å². The van der Waals surface area contributed by atoms with Gasteiger partial charge in [0, 0.05) is 12.0 Å². The summed E-state index contributed by atoms with van der Waals surface area (Å²) >= 11 is 0. The third-order valence-electron chi connectivity index (χ3n) is 3.15. The number of primary amides is 1. The molecule has 0 radical (unpaired) electrons. The standard InChI is InChI=1S/C10H20N2O/c1-3-8(2)12-6-4-9(5-7-12)10(11)13/h8-9H,3-7H2,1-2H3,(H2,11,13). The van der Waals surface area contributed by atoms with Crippen LogP contribution in [0.3, 0.4) is 0 Å². The van der Waals surface area contributed by atoms with Crippen molar-refractivity contribution in [3.05, 3.63) is 0 Å². The molecule has 0 spiro atoms. The molecule has 1 saturated heterocycles. The Balaban J connectivity index is 2.34. The van der Waals surface area contributed by atoms with Crippen LogP contribution >= 0.6 is 0 Å². The Morgan fingerprint density at radius 2 is 2.08 bits per heavy atom. The van der Waals surface area contributed by atoms with Crippen LogP contribution in [0.5, 0.6) is 0 Å². The molecule has 1 heterocycles. The van der Waals surface area contributed by atoms with E-state index in [9.17, 15) is 4.79 Å². The minimum Gasteiger partial charge on any atom is -0.369 e. The highest BCUT2D eigenvalue weighted by molar-refractivity contribution is 5.76. The Kier molecular flexibility index (Phi) is 3.72. The maximum Gasteiger partial charge on any atom is 0.220 e. The fourth-order valence-corrected chi connectivity index (χ4v) is 1.88. The first kappa shape index (κ1) is 10.5. The van der Waals surface area contributed by atoms with Crippen LogP contribution in [0.25, 0.3) is 0 Å². The first-order chi connectivity index (χ1) is 6.15. The summed E-state index contributed by atoms with van der Waals surface area (Å²) in [6.45, 7) is 6.50. The van der Waals surface area contributed by atoms with Crippen molar-refractivity contribution in [2.45, 2.75) is 39.2 Å². The molecule has 3 heteroatoms. The second kappa shape index (κ2) is 4.61. The van der Waals surface area contributed by atoms with E-state index in [4.69, 9.17) is 5.73 Å². The van der Waals surface area contributed by atoms with Crippen LogP contribution in [-0.2, 0) is 4.79 Å². The highest BCUT2D eigenvalue weighted by Crippen LogP contribution is 2.19. The minimum absolute atomic E-state index is 0.121. The molecule has 1 unspecified atom stereocenters. The molecule has 0 saturated carbocycles. The molecule has 3 nitrogen and oxygen atoms in total. The summed E-state index contributed by atoms with van der Waals surface area (Å²) in [7, 11) is 0. The molecule has 1 amide bonds. The van der Waals surface area contributed by atoms with Crippen molar-refractivity contribution >= 4 is 5.91 Å². The molecule has 1 aliphatic heterocycles. The first-order valence-corrected chi connectivity index (χ1v) is 5.18. The smallest absolute Gasteiger partial charge is 0.220 e. The number of hydrogen-bond acceptors (Lipinski definition) is 2. The average Bonchev–Trinajstić information content (AvgIpc) is 2.17. The van der Waals surface area contributed by atoms with E-state index in [-0.39, 0.29) is 11.8 Å². The minimum atomic E-state index is -0.121. The normalized spacial score (nSPS) is 22.9. The SMILES string of the molecule is CCC(C)N1CCC(C(N)=O)CC1. The predicted octanol–water partition coefficient (Wildman–Crippen LogP) is 0.982. The molecule has 1 fully saturated rings.